The second-order valence-corrected chi connectivity index (χ2v) is 8.75. The average Bonchev–Trinajstić information content (AvgIpc) is 2.36. The molecule has 2 atom stereocenters. The number of hydrogen-bond acceptors (Lipinski definition) is 3. The third-order valence-electron chi connectivity index (χ3n) is 6.10. The van der Waals surface area contributed by atoms with Crippen molar-refractivity contribution in [3.05, 3.63) is 0 Å². The van der Waals surface area contributed by atoms with Gasteiger partial charge in [0.05, 0.1) is 11.0 Å². The second-order valence-electron chi connectivity index (χ2n) is 8.75. The van der Waals surface area contributed by atoms with Crippen LogP contribution in [0.4, 0.5) is 0 Å². The number of hydrogen-bond donors (Lipinski definition) is 1. The molecule has 0 aromatic heterocycles. The smallest absolute Gasteiger partial charge is 0.312 e. The van der Waals surface area contributed by atoms with Gasteiger partial charge in [-0.3, -0.25) is 4.79 Å². The Balaban J connectivity index is 5.58. The van der Waals surface area contributed by atoms with Crippen LogP contribution in [0, 0.1) is 16.7 Å². The van der Waals surface area contributed by atoms with Crippen molar-refractivity contribution < 1.29 is 14.6 Å². The molecule has 1 N–H and O–H groups in total. The molecule has 0 aromatic rings. The minimum atomic E-state index is -1.09. The van der Waals surface area contributed by atoms with E-state index < -0.39 is 16.6 Å². The molecule has 0 saturated carbocycles. The zero-order valence-corrected chi connectivity index (χ0v) is 16.5. The molecule has 0 spiro atoms. The maximum Gasteiger partial charge on any atom is 0.312 e. The lowest BCUT2D eigenvalue weighted by atomic mass is 9.61. The van der Waals surface area contributed by atoms with E-state index in [1.54, 1.807) is 27.7 Å². The Kier molecular flexibility index (Phi) is 6.72. The van der Waals surface area contributed by atoms with Gasteiger partial charge in [0.25, 0.3) is 0 Å². The molecule has 0 saturated heterocycles. The molecule has 3 nitrogen and oxygen atoms in total. The molecule has 0 aliphatic rings. The fourth-order valence-corrected chi connectivity index (χ4v) is 2.34. The Hall–Kier alpha value is -0.570. The van der Waals surface area contributed by atoms with Crippen molar-refractivity contribution in [2.75, 3.05) is 0 Å². The largest absolute Gasteiger partial charge is 0.456 e. The van der Waals surface area contributed by atoms with Crippen LogP contribution in [0.1, 0.15) is 88.5 Å². The Bertz CT molecular complexity index is 377. The summed E-state index contributed by atoms with van der Waals surface area (Å²) >= 11 is 0. The number of carbonyl (C=O) groups excluding carboxylic acids is 1. The summed E-state index contributed by atoms with van der Waals surface area (Å²) in [6.45, 7) is 19.6. The van der Waals surface area contributed by atoms with E-state index in [0.717, 1.165) is 19.3 Å². The summed E-state index contributed by atoms with van der Waals surface area (Å²) in [5, 5.41) is 10.3. The number of esters is 1. The van der Waals surface area contributed by atoms with Crippen molar-refractivity contribution in [1.82, 2.24) is 0 Å². The molecule has 0 radical (unpaired) electrons. The summed E-state index contributed by atoms with van der Waals surface area (Å²) in [5.74, 6) is 0.250. The highest BCUT2D eigenvalue weighted by Crippen LogP contribution is 2.48. The van der Waals surface area contributed by atoms with Gasteiger partial charge in [-0.2, -0.15) is 0 Å². The number of rotatable bonds is 8. The predicted octanol–water partition coefficient (Wildman–Crippen LogP) is 4.96. The highest BCUT2D eigenvalue weighted by Gasteiger charge is 2.50. The van der Waals surface area contributed by atoms with E-state index in [1.807, 2.05) is 6.92 Å². The van der Waals surface area contributed by atoms with E-state index in [4.69, 9.17) is 4.74 Å². The van der Waals surface area contributed by atoms with E-state index in [9.17, 15) is 9.90 Å². The summed E-state index contributed by atoms with van der Waals surface area (Å²) < 4.78 is 5.81. The highest BCUT2D eigenvalue weighted by atomic mass is 16.6. The molecule has 0 aliphatic carbocycles. The van der Waals surface area contributed by atoms with Crippen molar-refractivity contribution in [3.63, 3.8) is 0 Å². The first-order valence-corrected chi connectivity index (χ1v) is 8.60. The van der Waals surface area contributed by atoms with Crippen LogP contribution in [0.2, 0.25) is 0 Å². The van der Waals surface area contributed by atoms with Crippen LogP contribution in [-0.4, -0.2) is 22.3 Å². The van der Waals surface area contributed by atoms with Gasteiger partial charge in [-0.25, -0.2) is 0 Å². The molecule has 0 heterocycles. The fraction of sp³-hybridized carbons (Fsp3) is 0.947. The van der Waals surface area contributed by atoms with Gasteiger partial charge in [0.15, 0.2) is 0 Å². The Morgan fingerprint density at radius 3 is 1.82 bits per heavy atom. The van der Waals surface area contributed by atoms with E-state index in [1.165, 1.54) is 0 Å². The first-order valence-electron chi connectivity index (χ1n) is 8.60. The fourth-order valence-electron chi connectivity index (χ4n) is 2.34. The van der Waals surface area contributed by atoms with Crippen molar-refractivity contribution in [1.29, 1.82) is 0 Å². The molecular weight excluding hydrogens is 276 g/mol. The van der Waals surface area contributed by atoms with Gasteiger partial charge in [0, 0.05) is 0 Å². The maximum absolute atomic E-state index is 13.1. The highest BCUT2D eigenvalue weighted by molar-refractivity contribution is 5.78. The monoisotopic (exact) mass is 314 g/mol. The van der Waals surface area contributed by atoms with Gasteiger partial charge in [-0.05, 0) is 58.8 Å². The zero-order chi connectivity index (χ0) is 18.0. The summed E-state index contributed by atoms with van der Waals surface area (Å²) in [7, 11) is 0. The standard InChI is InChI=1S/C19H38O3/c1-11-14(3)13-19(10,16(4,5)12-2)15(20)22-18(8,9)17(6,7)21/h14,21H,11-13H2,1-10H3. The van der Waals surface area contributed by atoms with E-state index in [0.29, 0.717) is 5.92 Å². The van der Waals surface area contributed by atoms with Gasteiger partial charge < -0.3 is 9.84 Å². The summed E-state index contributed by atoms with van der Waals surface area (Å²) in [5.41, 5.74) is -2.75. The number of carbonyl (C=O) groups is 1. The lowest BCUT2D eigenvalue weighted by Gasteiger charge is -2.46. The Morgan fingerprint density at radius 2 is 1.50 bits per heavy atom. The predicted molar refractivity (Wildman–Crippen MR) is 92.7 cm³/mol. The van der Waals surface area contributed by atoms with Crippen LogP contribution in [0.15, 0.2) is 0 Å². The first-order chi connectivity index (χ1) is 9.64. The lowest BCUT2D eigenvalue weighted by molar-refractivity contribution is -0.199. The molecule has 0 aliphatic heterocycles. The normalized spacial score (nSPS) is 17.8. The number of aliphatic hydroxyl groups is 1. The lowest BCUT2D eigenvalue weighted by Crippen LogP contribution is -2.53. The van der Waals surface area contributed by atoms with Gasteiger partial charge in [-0.1, -0.05) is 41.0 Å². The molecule has 0 fully saturated rings. The topological polar surface area (TPSA) is 46.5 Å². The summed E-state index contributed by atoms with van der Waals surface area (Å²) in [4.78, 5) is 13.1. The van der Waals surface area contributed by atoms with Gasteiger partial charge in [0.2, 0.25) is 0 Å². The van der Waals surface area contributed by atoms with Crippen molar-refractivity contribution in [2.24, 2.45) is 16.7 Å². The van der Waals surface area contributed by atoms with Crippen LogP contribution in [-0.2, 0) is 9.53 Å². The van der Waals surface area contributed by atoms with Crippen molar-refractivity contribution >= 4 is 5.97 Å². The molecule has 2 unspecified atom stereocenters. The second kappa shape index (κ2) is 6.90. The minimum absolute atomic E-state index is 0.164. The summed E-state index contributed by atoms with van der Waals surface area (Å²) in [6.07, 6.45) is 2.74. The first kappa shape index (κ1) is 21.4. The molecule has 0 rings (SSSR count). The Labute approximate surface area is 137 Å². The molecular formula is C19H38O3. The van der Waals surface area contributed by atoms with Gasteiger partial charge in [-0.15, -0.1) is 0 Å². The third-order valence-corrected chi connectivity index (χ3v) is 6.10. The molecule has 0 amide bonds. The molecule has 3 heteroatoms. The molecule has 132 valence electrons. The van der Waals surface area contributed by atoms with Crippen LogP contribution in [0.5, 0.6) is 0 Å². The molecule has 22 heavy (non-hydrogen) atoms. The van der Waals surface area contributed by atoms with E-state index >= 15 is 0 Å². The van der Waals surface area contributed by atoms with Crippen LogP contribution >= 0.6 is 0 Å². The van der Waals surface area contributed by atoms with Crippen LogP contribution < -0.4 is 0 Å². The molecule has 0 aromatic carbocycles. The van der Waals surface area contributed by atoms with E-state index in [2.05, 4.69) is 34.6 Å². The van der Waals surface area contributed by atoms with Crippen molar-refractivity contribution in [3.8, 4) is 0 Å². The summed E-state index contributed by atoms with van der Waals surface area (Å²) in [6, 6.07) is 0. The van der Waals surface area contributed by atoms with Crippen molar-refractivity contribution in [2.45, 2.75) is 99.7 Å². The minimum Gasteiger partial charge on any atom is -0.456 e. The van der Waals surface area contributed by atoms with Crippen LogP contribution in [0.25, 0.3) is 0 Å². The van der Waals surface area contributed by atoms with Gasteiger partial charge >= 0.3 is 5.97 Å². The van der Waals surface area contributed by atoms with E-state index in [-0.39, 0.29) is 11.4 Å². The SMILES string of the molecule is CCC(C)CC(C)(C(=O)OC(C)(C)C(C)(C)O)C(C)(C)CC. The quantitative estimate of drug-likeness (QED) is 0.644. The van der Waals surface area contributed by atoms with Crippen LogP contribution in [0.3, 0.4) is 0 Å². The Morgan fingerprint density at radius 1 is 1.05 bits per heavy atom. The average molecular weight is 315 g/mol. The zero-order valence-electron chi connectivity index (χ0n) is 16.5. The maximum atomic E-state index is 13.1. The third kappa shape index (κ3) is 4.47. The molecule has 0 bridgehead atoms. The van der Waals surface area contributed by atoms with Gasteiger partial charge in [0.1, 0.15) is 5.60 Å². The number of ether oxygens (including phenoxy) is 1.